The van der Waals surface area contributed by atoms with E-state index >= 15 is 0 Å². The molecule has 0 bridgehead atoms. The number of halogens is 1. The highest BCUT2D eigenvalue weighted by atomic mass is 32.2. The molecule has 1 unspecified atom stereocenters. The Morgan fingerprint density at radius 1 is 1.05 bits per heavy atom. The molecule has 0 saturated heterocycles. The summed E-state index contributed by atoms with van der Waals surface area (Å²) in [6.45, 7) is 5.00. The summed E-state index contributed by atoms with van der Waals surface area (Å²) in [5.41, 5.74) is 1.84. The Bertz CT molecular complexity index is 1500. The fraction of sp³-hybridized carbons (Fsp3) is 0.292. The summed E-state index contributed by atoms with van der Waals surface area (Å²) in [5.74, 6) is 0.220. The van der Waals surface area contributed by atoms with Crippen molar-refractivity contribution in [3.8, 4) is 28.6 Å². The van der Waals surface area contributed by atoms with Gasteiger partial charge in [0.05, 0.1) is 26.6 Å². The maximum atomic E-state index is 13.8. The molecule has 11 nitrogen and oxygen atoms in total. The van der Waals surface area contributed by atoms with Crippen LogP contribution in [0.25, 0.3) is 17.1 Å². The van der Waals surface area contributed by atoms with E-state index in [0.29, 0.717) is 28.6 Å². The fourth-order valence-electron chi connectivity index (χ4n) is 3.76. The molecule has 0 aliphatic rings. The lowest BCUT2D eigenvalue weighted by Gasteiger charge is -2.27. The summed E-state index contributed by atoms with van der Waals surface area (Å²) in [6.07, 6.45) is 5.23. The molecule has 194 valence electrons. The van der Waals surface area contributed by atoms with Gasteiger partial charge in [-0.1, -0.05) is 13.0 Å². The standard InChI is InChI=1S/C24H26FN7O4S/c1-6-24(3,22-27-13-17(25)14-28-22)37(33,34)31-23-30-29-21(16-10-15(2)11-26-12-16)32(23)20-18(35-4)8-7-9-19(20)36-5/h7-14H,6H2,1-5H3,(H,30,31). The molecule has 1 aromatic carbocycles. The van der Waals surface area contributed by atoms with Crippen LogP contribution in [0.15, 0.2) is 49.1 Å². The van der Waals surface area contributed by atoms with Crippen LogP contribution in [0.2, 0.25) is 0 Å². The van der Waals surface area contributed by atoms with Crippen molar-refractivity contribution in [1.82, 2.24) is 29.7 Å². The van der Waals surface area contributed by atoms with Gasteiger partial charge in [-0.3, -0.25) is 14.3 Å². The number of aromatic nitrogens is 6. The van der Waals surface area contributed by atoms with Gasteiger partial charge >= 0.3 is 0 Å². The van der Waals surface area contributed by atoms with Crippen molar-refractivity contribution in [3.63, 3.8) is 0 Å². The summed E-state index contributed by atoms with van der Waals surface area (Å²) >= 11 is 0. The van der Waals surface area contributed by atoms with E-state index in [-0.39, 0.29) is 18.2 Å². The van der Waals surface area contributed by atoms with Crippen molar-refractivity contribution < 1.29 is 22.3 Å². The van der Waals surface area contributed by atoms with Gasteiger partial charge in [-0.05, 0) is 44.0 Å². The predicted molar refractivity (Wildman–Crippen MR) is 135 cm³/mol. The van der Waals surface area contributed by atoms with Crippen LogP contribution in [0.5, 0.6) is 11.5 Å². The monoisotopic (exact) mass is 527 g/mol. The number of anilines is 1. The van der Waals surface area contributed by atoms with Crippen molar-refractivity contribution in [1.29, 1.82) is 0 Å². The van der Waals surface area contributed by atoms with Crippen molar-refractivity contribution >= 4 is 16.0 Å². The number of aryl methyl sites for hydroxylation is 1. The summed E-state index contributed by atoms with van der Waals surface area (Å²) < 4.78 is 54.6. The van der Waals surface area contributed by atoms with Gasteiger partial charge in [0.1, 0.15) is 21.9 Å². The third-order valence-electron chi connectivity index (χ3n) is 6.01. The molecule has 4 rings (SSSR count). The Hall–Kier alpha value is -4.13. The minimum absolute atomic E-state index is 0.0621. The van der Waals surface area contributed by atoms with E-state index in [1.807, 2.05) is 13.0 Å². The van der Waals surface area contributed by atoms with Crippen LogP contribution in [0, 0.1) is 12.7 Å². The van der Waals surface area contributed by atoms with E-state index in [4.69, 9.17) is 9.47 Å². The van der Waals surface area contributed by atoms with Crippen LogP contribution in [-0.4, -0.2) is 52.4 Å². The average Bonchev–Trinajstić information content (AvgIpc) is 3.30. The van der Waals surface area contributed by atoms with Crippen molar-refractivity contribution in [3.05, 3.63) is 66.3 Å². The van der Waals surface area contributed by atoms with Gasteiger partial charge in [-0.25, -0.2) is 22.8 Å². The summed E-state index contributed by atoms with van der Waals surface area (Å²) in [5, 5.41) is 8.46. The summed E-state index contributed by atoms with van der Waals surface area (Å²) in [4.78, 5) is 12.1. The molecule has 0 fully saturated rings. The van der Waals surface area contributed by atoms with Crippen molar-refractivity contribution in [2.45, 2.75) is 31.9 Å². The Labute approximate surface area is 213 Å². The zero-order chi connectivity index (χ0) is 26.8. The molecule has 37 heavy (non-hydrogen) atoms. The number of hydrogen-bond acceptors (Lipinski definition) is 9. The Morgan fingerprint density at radius 3 is 2.27 bits per heavy atom. The first kappa shape index (κ1) is 25.9. The number of rotatable bonds is 9. The maximum Gasteiger partial charge on any atom is 0.247 e. The number of ether oxygens (including phenoxy) is 2. The van der Waals surface area contributed by atoms with Crippen LogP contribution < -0.4 is 14.2 Å². The van der Waals surface area contributed by atoms with E-state index < -0.39 is 20.6 Å². The van der Waals surface area contributed by atoms with Gasteiger partial charge in [0, 0.05) is 18.0 Å². The SMILES string of the molecule is CCC(C)(c1ncc(F)cn1)S(=O)(=O)Nc1nnc(-c2cncc(C)c2)n1-c1c(OC)cccc1OC. The normalized spacial score (nSPS) is 13.1. The molecule has 3 aromatic heterocycles. The smallest absolute Gasteiger partial charge is 0.247 e. The second kappa shape index (κ2) is 10.1. The number of benzene rings is 1. The molecular weight excluding hydrogens is 501 g/mol. The number of hydrogen-bond donors (Lipinski definition) is 1. The third-order valence-corrected chi connectivity index (χ3v) is 8.12. The number of methoxy groups -OCH3 is 2. The van der Waals surface area contributed by atoms with Gasteiger partial charge in [0.2, 0.25) is 16.0 Å². The van der Waals surface area contributed by atoms with Crippen LogP contribution in [0.4, 0.5) is 10.3 Å². The quantitative estimate of drug-likeness (QED) is 0.346. The highest BCUT2D eigenvalue weighted by molar-refractivity contribution is 7.93. The molecule has 0 aliphatic carbocycles. The number of pyridine rings is 1. The van der Waals surface area contributed by atoms with E-state index in [1.165, 1.54) is 25.7 Å². The van der Waals surface area contributed by atoms with Gasteiger partial charge in [-0.15, -0.1) is 10.2 Å². The first-order chi connectivity index (χ1) is 17.6. The Morgan fingerprint density at radius 2 is 1.70 bits per heavy atom. The van der Waals surface area contributed by atoms with Gasteiger partial charge in [0.15, 0.2) is 17.5 Å². The summed E-state index contributed by atoms with van der Waals surface area (Å²) in [6, 6.07) is 6.99. The van der Waals surface area contributed by atoms with E-state index in [0.717, 1.165) is 18.0 Å². The molecule has 0 aliphatic heterocycles. The van der Waals surface area contributed by atoms with Gasteiger partial charge < -0.3 is 9.47 Å². The largest absolute Gasteiger partial charge is 0.494 e. The van der Waals surface area contributed by atoms with E-state index in [1.54, 1.807) is 37.5 Å². The van der Waals surface area contributed by atoms with Crippen molar-refractivity contribution in [2.24, 2.45) is 0 Å². The first-order valence-corrected chi connectivity index (χ1v) is 12.7. The Balaban J connectivity index is 1.94. The number of para-hydroxylation sites is 1. The molecule has 1 atom stereocenters. The van der Waals surface area contributed by atoms with E-state index in [2.05, 4.69) is 29.9 Å². The maximum absolute atomic E-state index is 13.8. The highest BCUT2D eigenvalue weighted by Crippen LogP contribution is 2.39. The molecule has 1 N–H and O–H groups in total. The number of sulfonamides is 1. The molecule has 3 heterocycles. The molecule has 4 aromatic rings. The third kappa shape index (κ3) is 4.69. The minimum Gasteiger partial charge on any atom is -0.494 e. The van der Waals surface area contributed by atoms with Crippen molar-refractivity contribution in [2.75, 3.05) is 18.9 Å². The lowest BCUT2D eigenvalue weighted by Crippen LogP contribution is -2.39. The second-order valence-corrected chi connectivity index (χ2v) is 10.5. The lowest BCUT2D eigenvalue weighted by molar-refractivity contribution is 0.391. The predicted octanol–water partition coefficient (Wildman–Crippen LogP) is 3.65. The lowest BCUT2D eigenvalue weighted by atomic mass is 10.1. The molecular formula is C24H26FN7O4S. The topological polar surface area (TPSA) is 134 Å². The van der Waals surface area contributed by atoms with Gasteiger partial charge in [-0.2, -0.15) is 0 Å². The Kier molecular flexibility index (Phi) is 7.07. The van der Waals surface area contributed by atoms with E-state index in [9.17, 15) is 12.8 Å². The molecule has 0 radical (unpaired) electrons. The number of nitrogens with one attached hydrogen (secondary N) is 1. The molecule has 0 spiro atoms. The first-order valence-electron chi connectivity index (χ1n) is 11.2. The van der Waals surface area contributed by atoms with Crippen LogP contribution in [0.1, 0.15) is 31.7 Å². The summed E-state index contributed by atoms with van der Waals surface area (Å²) in [7, 11) is -1.28. The van der Waals surface area contributed by atoms with Crippen LogP contribution in [-0.2, 0) is 14.8 Å². The second-order valence-electron chi connectivity index (χ2n) is 8.36. The minimum atomic E-state index is -4.26. The van der Waals surface area contributed by atoms with Gasteiger partial charge in [0.25, 0.3) is 0 Å². The zero-order valence-electron chi connectivity index (χ0n) is 20.9. The molecule has 0 saturated carbocycles. The highest BCUT2D eigenvalue weighted by Gasteiger charge is 2.43. The molecule has 13 heteroatoms. The zero-order valence-corrected chi connectivity index (χ0v) is 21.7. The fourth-order valence-corrected chi connectivity index (χ4v) is 5.09. The van der Waals surface area contributed by atoms with Crippen LogP contribution in [0.3, 0.4) is 0 Å². The number of nitrogens with zero attached hydrogens (tertiary/aromatic N) is 6. The van der Waals surface area contributed by atoms with Crippen LogP contribution >= 0.6 is 0 Å². The molecule has 0 amide bonds. The average molecular weight is 528 g/mol.